The van der Waals surface area contributed by atoms with Gasteiger partial charge in [-0.25, -0.2) is 4.79 Å². The van der Waals surface area contributed by atoms with Crippen LogP contribution >= 0.6 is 0 Å². The van der Waals surface area contributed by atoms with Crippen LogP contribution in [-0.2, 0) is 4.74 Å². The topological polar surface area (TPSA) is 96.0 Å². The Hall–Kier alpha value is -2.90. The molecule has 0 aromatic heterocycles. The van der Waals surface area contributed by atoms with Gasteiger partial charge >= 0.3 is 6.09 Å². The molecule has 3 rings (SSSR count). The van der Waals surface area contributed by atoms with Gasteiger partial charge in [0.05, 0.1) is 17.7 Å². The average Bonchev–Trinajstić information content (AvgIpc) is 2.98. The van der Waals surface area contributed by atoms with Gasteiger partial charge in [0.15, 0.2) is 0 Å². The van der Waals surface area contributed by atoms with Crippen LogP contribution in [-0.4, -0.2) is 65.4 Å². The summed E-state index contributed by atoms with van der Waals surface area (Å²) in [6, 6.07) is 4.42. The molecule has 1 aromatic rings. The first-order valence-corrected chi connectivity index (χ1v) is 10.6. The van der Waals surface area contributed by atoms with E-state index in [0.29, 0.717) is 43.7 Å². The van der Waals surface area contributed by atoms with Gasteiger partial charge in [-0.05, 0) is 51.3 Å². The van der Waals surface area contributed by atoms with Crippen LogP contribution in [0, 0.1) is 0 Å². The monoisotopic (exact) mass is 415 g/mol. The summed E-state index contributed by atoms with van der Waals surface area (Å²) in [5.74, 6) is -0.851. The third-order valence-corrected chi connectivity index (χ3v) is 5.52. The van der Waals surface area contributed by atoms with Gasteiger partial charge in [-0.2, -0.15) is 0 Å². The number of carbonyl (C=O) groups is 4. The highest BCUT2D eigenvalue weighted by molar-refractivity contribution is 6.22. The van der Waals surface area contributed by atoms with Gasteiger partial charge in [0, 0.05) is 30.7 Å². The molecular weight excluding hydrogens is 386 g/mol. The van der Waals surface area contributed by atoms with Crippen LogP contribution in [0.25, 0.3) is 0 Å². The van der Waals surface area contributed by atoms with Crippen molar-refractivity contribution in [3.05, 3.63) is 34.9 Å². The standard InChI is InChI=1S/C22H29N3O5/c1-4-5-12-30-22(29)23-16-8-10-24(11-9-16)19(26)15-6-7-17-18(13-15)21(28)25(14(2)3)20(17)27/h6-7,13-14,16H,4-5,8-12H2,1-3H3,(H,23,29). The number of nitrogens with zero attached hydrogens (tertiary/aromatic N) is 2. The number of ether oxygens (including phenoxy) is 1. The molecule has 0 radical (unpaired) electrons. The summed E-state index contributed by atoms with van der Waals surface area (Å²) in [4.78, 5) is 52.6. The van der Waals surface area contributed by atoms with Gasteiger partial charge in [-0.1, -0.05) is 13.3 Å². The Labute approximate surface area is 176 Å². The number of unbranched alkanes of at least 4 members (excludes halogenated alkanes) is 1. The normalized spacial score (nSPS) is 16.8. The van der Waals surface area contributed by atoms with Crippen molar-refractivity contribution in [3.63, 3.8) is 0 Å². The van der Waals surface area contributed by atoms with E-state index in [-0.39, 0.29) is 35.4 Å². The molecule has 2 aliphatic heterocycles. The van der Waals surface area contributed by atoms with Crippen molar-refractivity contribution in [2.24, 2.45) is 0 Å². The number of likely N-dealkylation sites (tertiary alicyclic amines) is 1. The third-order valence-electron chi connectivity index (χ3n) is 5.52. The number of benzene rings is 1. The van der Waals surface area contributed by atoms with E-state index in [1.807, 2.05) is 6.92 Å². The number of fused-ring (bicyclic) bond motifs is 1. The molecular formula is C22H29N3O5. The van der Waals surface area contributed by atoms with Crippen LogP contribution in [0.5, 0.6) is 0 Å². The molecule has 1 saturated heterocycles. The lowest BCUT2D eigenvalue weighted by Gasteiger charge is -2.32. The van der Waals surface area contributed by atoms with Crippen molar-refractivity contribution in [2.75, 3.05) is 19.7 Å². The SMILES string of the molecule is CCCCOC(=O)NC1CCN(C(=O)c2ccc3c(c2)C(=O)N(C(C)C)C3=O)CC1. The quantitative estimate of drug-likeness (QED) is 0.569. The van der Waals surface area contributed by atoms with Gasteiger partial charge in [0.2, 0.25) is 0 Å². The van der Waals surface area contributed by atoms with Crippen LogP contribution in [0.1, 0.15) is 77.5 Å². The largest absolute Gasteiger partial charge is 0.450 e. The molecule has 4 amide bonds. The maximum absolute atomic E-state index is 12.9. The lowest BCUT2D eigenvalue weighted by molar-refractivity contribution is 0.0608. The zero-order valence-electron chi connectivity index (χ0n) is 17.8. The van der Waals surface area contributed by atoms with Gasteiger partial charge in [-0.15, -0.1) is 0 Å². The minimum atomic E-state index is -0.412. The molecule has 1 fully saturated rings. The van der Waals surface area contributed by atoms with E-state index in [1.54, 1.807) is 30.9 Å². The Morgan fingerprint density at radius 1 is 1.13 bits per heavy atom. The van der Waals surface area contributed by atoms with E-state index in [1.165, 1.54) is 11.0 Å². The smallest absolute Gasteiger partial charge is 0.407 e. The van der Waals surface area contributed by atoms with Crippen molar-refractivity contribution in [1.29, 1.82) is 0 Å². The summed E-state index contributed by atoms with van der Waals surface area (Å²) < 4.78 is 5.12. The van der Waals surface area contributed by atoms with Gasteiger partial charge in [0.25, 0.3) is 17.7 Å². The van der Waals surface area contributed by atoms with Crippen LogP contribution in [0.3, 0.4) is 0 Å². The summed E-state index contributed by atoms with van der Waals surface area (Å²) in [7, 11) is 0. The maximum atomic E-state index is 12.9. The molecule has 2 aliphatic rings. The Morgan fingerprint density at radius 2 is 1.80 bits per heavy atom. The second kappa shape index (κ2) is 9.28. The lowest BCUT2D eigenvalue weighted by Crippen LogP contribution is -2.46. The Balaban J connectivity index is 1.58. The fraction of sp³-hybridized carbons (Fsp3) is 0.545. The van der Waals surface area contributed by atoms with Crippen molar-refractivity contribution in [1.82, 2.24) is 15.1 Å². The van der Waals surface area contributed by atoms with Gasteiger partial charge in [0.1, 0.15) is 0 Å². The highest BCUT2D eigenvalue weighted by atomic mass is 16.5. The summed E-state index contributed by atoms with van der Waals surface area (Å²) in [5.41, 5.74) is 1.02. The molecule has 8 heteroatoms. The minimum Gasteiger partial charge on any atom is -0.450 e. The van der Waals surface area contributed by atoms with Crippen molar-refractivity contribution < 1.29 is 23.9 Å². The molecule has 1 N–H and O–H groups in total. The van der Waals surface area contributed by atoms with Crippen molar-refractivity contribution >= 4 is 23.8 Å². The van der Waals surface area contributed by atoms with E-state index in [0.717, 1.165) is 12.8 Å². The number of piperidine rings is 1. The molecule has 0 atom stereocenters. The number of imide groups is 1. The summed E-state index contributed by atoms with van der Waals surface area (Å²) in [5, 5.41) is 2.85. The first kappa shape index (κ1) is 21.8. The van der Waals surface area contributed by atoms with Crippen molar-refractivity contribution in [3.8, 4) is 0 Å². The van der Waals surface area contributed by atoms with E-state index < -0.39 is 6.09 Å². The zero-order chi connectivity index (χ0) is 21.8. The maximum Gasteiger partial charge on any atom is 0.407 e. The molecule has 2 heterocycles. The van der Waals surface area contributed by atoms with E-state index in [9.17, 15) is 19.2 Å². The summed E-state index contributed by atoms with van der Waals surface area (Å²) in [6.07, 6.45) is 2.66. The summed E-state index contributed by atoms with van der Waals surface area (Å²) >= 11 is 0. The number of rotatable bonds is 6. The molecule has 0 unspecified atom stereocenters. The third kappa shape index (κ3) is 4.47. The first-order valence-electron chi connectivity index (χ1n) is 10.6. The number of alkyl carbamates (subject to hydrolysis) is 1. The molecule has 0 aliphatic carbocycles. The molecule has 30 heavy (non-hydrogen) atoms. The predicted octanol–water partition coefficient (Wildman–Crippen LogP) is 2.82. The number of amides is 4. The van der Waals surface area contributed by atoms with Gasteiger partial charge < -0.3 is 15.0 Å². The lowest BCUT2D eigenvalue weighted by atomic mass is 10.0. The van der Waals surface area contributed by atoms with Gasteiger partial charge in [-0.3, -0.25) is 19.3 Å². The van der Waals surface area contributed by atoms with E-state index >= 15 is 0 Å². The Morgan fingerprint density at radius 3 is 2.43 bits per heavy atom. The highest BCUT2D eigenvalue weighted by Gasteiger charge is 2.38. The molecule has 162 valence electrons. The van der Waals surface area contributed by atoms with Crippen LogP contribution < -0.4 is 5.32 Å². The molecule has 8 nitrogen and oxygen atoms in total. The summed E-state index contributed by atoms with van der Waals surface area (Å²) in [6.45, 7) is 7.01. The number of carbonyl (C=O) groups excluding carboxylic acids is 4. The molecule has 0 bridgehead atoms. The Kier molecular flexibility index (Phi) is 6.74. The van der Waals surface area contributed by atoms with E-state index in [2.05, 4.69) is 5.32 Å². The van der Waals surface area contributed by atoms with Crippen LogP contribution in [0.15, 0.2) is 18.2 Å². The second-order valence-corrected chi connectivity index (χ2v) is 8.03. The fourth-order valence-corrected chi connectivity index (χ4v) is 3.79. The minimum absolute atomic E-state index is 0.0259. The molecule has 1 aromatic carbocycles. The first-order chi connectivity index (χ1) is 14.3. The molecule has 0 spiro atoms. The van der Waals surface area contributed by atoms with Crippen LogP contribution in [0.4, 0.5) is 4.79 Å². The fourth-order valence-electron chi connectivity index (χ4n) is 3.79. The van der Waals surface area contributed by atoms with Crippen molar-refractivity contribution in [2.45, 2.75) is 58.5 Å². The number of hydrogen-bond donors (Lipinski definition) is 1. The predicted molar refractivity (Wildman–Crippen MR) is 110 cm³/mol. The van der Waals surface area contributed by atoms with Crippen LogP contribution in [0.2, 0.25) is 0 Å². The molecule has 0 saturated carbocycles. The highest BCUT2D eigenvalue weighted by Crippen LogP contribution is 2.26. The Bertz CT molecular complexity index is 843. The van der Waals surface area contributed by atoms with E-state index in [4.69, 9.17) is 4.74 Å². The average molecular weight is 415 g/mol. The zero-order valence-corrected chi connectivity index (χ0v) is 17.8. The number of nitrogens with one attached hydrogen (secondary N) is 1. The number of hydrogen-bond acceptors (Lipinski definition) is 5. The second-order valence-electron chi connectivity index (χ2n) is 8.03.